The maximum Gasteiger partial charge on any atom is 0.302 e. The number of rotatable bonds is 1. The number of carbonyl (C=O) groups excluding carboxylic acids is 1. The lowest BCUT2D eigenvalue weighted by Crippen LogP contribution is -2.41. The Balaban J connectivity index is 2.04. The minimum atomic E-state index is -0.508. The molecule has 1 aliphatic carbocycles. The van der Waals surface area contributed by atoms with Crippen molar-refractivity contribution in [2.75, 3.05) is 0 Å². The van der Waals surface area contributed by atoms with Crippen molar-refractivity contribution in [2.24, 2.45) is 10.2 Å². The second-order valence-electron chi connectivity index (χ2n) is 3.55. The van der Waals surface area contributed by atoms with Crippen LogP contribution in [0.1, 0.15) is 19.8 Å². The molecule has 2 aliphatic rings. The third-order valence-electron chi connectivity index (χ3n) is 2.51. The van der Waals surface area contributed by atoms with E-state index in [1.54, 1.807) is 0 Å². The molecule has 2 bridgehead atoms. The average molecular weight is 184 g/mol. The first kappa shape index (κ1) is 8.62. The number of aliphatic hydroxyl groups is 1. The molecule has 2 rings (SSSR count). The fraction of sp³-hybridized carbons (Fsp3) is 0.875. The van der Waals surface area contributed by atoms with Gasteiger partial charge in [-0.2, -0.15) is 10.2 Å². The number of esters is 1. The van der Waals surface area contributed by atoms with Gasteiger partial charge < -0.3 is 9.84 Å². The molecule has 5 heteroatoms. The number of hydrogen-bond donors (Lipinski definition) is 1. The second-order valence-corrected chi connectivity index (χ2v) is 3.55. The Morgan fingerprint density at radius 1 is 1.38 bits per heavy atom. The lowest BCUT2D eigenvalue weighted by molar-refractivity contribution is -0.150. The number of nitrogens with zero attached hydrogens (tertiary/aromatic N) is 2. The van der Waals surface area contributed by atoms with E-state index in [-0.39, 0.29) is 24.2 Å². The quantitative estimate of drug-likeness (QED) is 0.595. The summed E-state index contributed by atoms with van der Waals surface area (Å²) in [7, 11) is 0. The van der Waals surface area contributed by atoms with Gasteiger partial charge in [0.05, 0.1) is 12.1 Å². The molecule has 0 spiro atoms. The standard InChI is InChI=1S/C8H12N2O3/c1-4(11)13-8-3-7(12)5-2-6(8)10-9-5/h5-8,12H,2-3H2,1H3/t5-,6+,7-,8+/m0/s1. The Kier molecular flexibility index (Phi) is 2.03. The van der Waals surface area contributed by atoms with Crippen molar-refractivity contribution in [1.82, 2.24) is 0 Å². The van der Waals surface area contributed by atoms with Crippen LogP contribution >= 0.6 is 0 Å². The lowest BCUT2D eigenvalue weighted by Gasteiger charge is -2.28. The molecule has 1 heterocycles. The van der Waals surface area contributed by atoms with Gasteiger partial charge in [-0.1, -0.05) is 0 Å². The number of azo groups is 1. The largest absolute Gasteiger partial charge is 0.460 e. The maximum atomic E-state index is 10.7. The van der Waals surface area contributed by atoms with Gasteiger partial charge in [0.15, 0.2) is 0 Å². The monoisotopic (exact) mass is 184 g/mol. The van der Waals surface area contributed by atoms with E-state index in [4.69, 9.17) is 4.74 Å². The predicted octanol–water partition coefficient (Wildman–Crippen LogP) is 0.276. The van der Waals surface area contributed by atoms with Gasteiger partial charge in [-0.05, 0) is 0 Å². The van der Waals surface area contributed by atoms with Crippen LogP contribution in [0.5, 0.6) is 0 Å². The SMILES string of the molecule is CC(=O)O[C@@H]1C[C@H](O)[C@@H]2C[C@H]1N=N2. The van der Waals surface area contributed by atoms with E-state index in [9.17, 15) is 9.90 Å². The van der Waals surface area contributed by atoms with Gasteiger partial charge in [-0.25, -0.2) is 0 Å². The van der Waals surface area contributed by atoms with Crippen LogP contribution in [0.15, 0.2) is 10.2 Å². The van der Waals surface area contributed by atoms with E-state index in [1.807, 2.05) is 0 Å². The first-order valence-electron chi connectivity index (χ1n) is 4.42. The highest BCUT2D eigenvalue weighted by Gasteiger charge is 2.42. The fourth-order valence-corrected chi connectivity index (χ4v) is 1.87. The first-order valence-corrected chi connectivity index (χ1v) is 4.42. The molecule has 0 unspecified atom stereocenters. The van der Waals surface area contributed by atoms with E-state index in [0.717, 1.165) is 0 Å². The summed E-state index contributed by atoms with van der Waals surface area (Å²) in [5, 5.41) is 17.4. The van der Waals surface area contributed by atoms with Crippen LogP contribution < -0.4 is 0 Å². The van der Waals surface area contributed by atoms with Crippen LogP contribution in [0, 0.1) is 0 Å². The molecule has 4 atom stereocenters. The van der Waals surface area contributed by atoms with E-state index in [0.29, 0.717) is 12.8 Å². The molecule has 1 N–H and O–H groups in total. The van der Waals surface area contributed by atoms with Crippen LogP contribution in [-0.4, -0.2) is 35.4 Å². The van der Waals surface area contributed by atoms with Crippen LogP contribution in [0.4, 0.5) is 0 Å². The van der Waals surface area contributed by atoms with E-state index < -0.39 is 6.10 Å². The van der Waals surface area contributed by atoms with Crippen molar-refractivity contribution >= 4 is 5.97 Å². The summed E-state index contributed by atoms with van der Waals surface area (Å²) in [5.41, 5.74) is 0. The zero-order valence-corrected chi connectivity index (χ0v) is 7.38. The molecule has 72 valence electrons. The van der Waals surface area contributed by atoms with Crippen molar-refractivity contribution in [1.29, 1.82) is 0 Å². The molecule has 0 saturated heterocycles. The molecule has 0 aromatic heterocycles. The third-order valence-corrected chi connectivity index (χ3v) is 2.51. The van der Waals surface area contributed by atoms with Gasteiger partial charge in [0.25, 0.3) is 0 Å². The zero-order valence-electron chi connectivity index (χ0n) is 7.38. The van der Waals surface area contributed by atoms with Crippen LogP contribution in [-0.2, 0) is 9.53 Å². The van der Waals surface area contributed by atoms with Crippen LogP contribution in [0.3, 0.4) is 0 Å². The Morgan fingerprint density at radius 3 is 2.77 bits per heavy atom. The Hall–Kier alpha value is -0.970. The minimum Gasteiger partial charge on any atom is -0.460 e. The maximum absolute atomic E-state index is 10.7. The molecular weight excluding hydrogens is 172 g/mol. The van der Waals surface area contributed by atoms with Gasteiger partial charge >= 0.3 is 5.97 Å². The van der Waals surface area contributed by atoms with Gasteiger partial charge in [0.1, 0.15) is 12.1 Å². The van der Waals surface area contributed by atoms with Gasteiger partial charge in [0, 0.05) is 19.8 Å². The highest BCUT2D eigenvalue weighted by atomic mass is 16.5. The summed E-state index contributed by atoms with van der Waals surface area (Å²) in [6.07, 6.45) is 0.378. The summed E-state index contributed by atoms with van der Waals surface area (Å²) in [4.78, 5) is 10.7. The molecule has 1 fully saturated rings. The summed E-state index contributed by atoms with van der Waals surface area (Å²) in [6.45, 7) is 1.37. The number of hydrogen-bond acceptors (Lipinski definition) is 5. The average Bonchev–Trinajstić information content (AvgIpc) is 2.44. The molecule has 0 aromatic rings. The van der Waals surface area contributed by atoms with Crippen LogP contribution in [0.25, 0.3) is 0 Å². The molecule has 5 nitrogen and oxygen atoms in total. The second kappa shape index (κ2) is 3.06. The molecule has 1 saturated carbocycles. The molecule has 0 radical (unpaired) electrons. The number of ether oxygens (including phenoxy) is 1. The molecule has 1 aliphatic heterocycles. The normalized spacial score (nSPS) is 42.0. The number of fused-ring (bicyclic) bond motifs is 2. The summed E-state index contributed by atoms with van der Waals surface area (Å²) >= 11 is 0. The van der Waals surface area contributed by atoms with E-state index in [2.05, 4.69) is 10.2 Å². The molecule has 0 amide bonds. The smallest absolute Gasteiger partial charge is 0.302 e. The van der Waals surface area contributed by atoms with Gasteiger partial charge in [-0.3, -0.25) is 4.79 Å². The number of aliphatic hydroxyl groups excluding tert-OH is 1. The Morgan fingerprint density at radius 2 is 2.08 bits per heavy atom. The van der Waals surface area contributed by atoms with E-state index >= 15 is 0 Å². The molecular formula is C8H12N2O3. The fourth-order valence-electron chi connectivity index (χ4n) is 1.87. The Bertz CT molecular complexity index is 254. The van der Waals surface area contributed by atoms with Crippen molar-refractivity contribution < 1.29 is 14.6 Å². The molecule has 0 aromatic carbocycles. The predicted molar refractivity (Wildman–Crippen MR) is 43.2 cm³/mol. The molecule has 13 heavy (non-hydrogen) atoms. The van der Waals surface area contributed by atoms with Crippen molar-refractivity contribution in [3.8, 4) is 0 Å². The Labute approximate surface area is 75.8 Å². The summed E-state index contributed by atoms with van der Waals surface area (Å²) < 4.78 is 5.04. The summed E-state index contributed by atoms with van der Waals surface area (Å²) in [6, 6.07) is -0.103. The third kappa shape index (κ3) is 1.56. The highest BCUT2D eigenvalue weighted by Crippen LogP contribution is 2.32. The van der Waals surface area contributed by atoms with Gasteiger partial charge in [0.2, 0.25) is 0 Å². The van der Waals surface area contributed by atoms with Gasteiger partial charge in [-0.15, -0.1) is 0 Å². The lowest BCUT2D eigenvalue weighted by atomic mass is 9.88. The van der Waals surface area contributed by atoms with Crippen molar-refractivity contribution in [3.63, 3.8) is 0 Å². The minimum absolute atomic E-state index is 0.0303. The van der Waals surface area contributed by atoms with Crippen molar-refractivity contribution in [3.05, 3.63) is 0 Å². The summed E-state index contributed by atoms with van der Waals surface area (Å²) in [5.74, 6) is -0.322. The zero-order chi connectivity index (χ0) is 9.42. The van der Waals surface area contributed by atoms with Crippen LogP contribution in [0.2, 0.25) is 0 Å². The van der Waals surface area contributed by atoms with E-state index in [1.165, 1.54) is 6.92 Å². The first-order chi connectivity index (χ1) is 6.16. The van der Waals surface area contributed by atoms with Crippen molar-refractivity contribution in [2.45, 2.75) is 44.1 Å². The number of carbonyl (C=O) groups is 1. The highest BCUT2D eigenvalue weighted by molar-refractivity contribution is 5.66. The topological polar surface area (TPSA) is 71.2 Å².